The van der Waals surface area contributed by atoms with E-state index in [2.05, 4.69) is 57.0 Å². The summed E-state index contributed by atoms with van der Waals surface area (Å²) in [4.78, 5) is 31.6. The monoisotopic (exact) mass is 429 g/mol. The van der Waals surface area contributed by atoms with Crippen LogP contribution >= 0.6 is 11.3 Å². The van der Waals surface area contributed by atoms with E-state index < -0.39 is 0 Å². The molecule has 1 aliphatic heterocycles. The van der Waals surface area contributed by atoms with Crippen LogP contribution in [-0.4, -0.2) is 58.9 Å². The van der Waals surface area contributed by atoms with Crippen molar-refractivity contribution in [3.63, 3.8) is 0 Å². The number of thiazole rings is 1. The maximum absolute atomic E-state index is 13.0. The lowest BCUT2D eigenvalue weighted by Crippen LogP contribution is -2.57. The van der Waals surface area contributed by atoms with Crippen LogP contribution < -0.4 is 4.90 Å². The van der Waals surface area contributed by atoms with Crippen molar-refractivity contribution in [2.75, 3.05) is 32.1 Å². The molecule has 0 unspecified atom stereocenters. The molecule has 6 nitrogen and oxygen atoms in total. The van der Waals surface area contributed by atoms with Crippen LogP contribution in [-0.2, 0) is 6.42 Å². The molecular weight excluding hydrogens is 406 g/mol. The molecule has 7 heteroatoms. The van der Waals surface area contributed by atoms with Gasteiger partial charge in [-0.15, -0.1) is 11.3 Å². The standard InChI is InChI=1S/C24H23N5OS/c1-28(2)21-13-29(14-21)24-9-16(5-6-26-24)22(30)10-20-8-19-7-17(23-12-25-15-31-23)3-4-18(19)11-27-20/h3-9,11-12,15,21H,10,13-14H2,1-2H3. The van der Waals surface area contributed by atoms with Gasteiger partial charge in [-0.05, 0) is 49.3 Å². The van der Waals surface area contributed by atoms with Crippen molar-refractivity contribution < 1.29 is 4.79 Å². The van der Waals surface area contributed by atoms with Gasteiger partial charge in [-0.1, -0.05) is 12.1 Å². The molecule has 0 aliphatic carbocycles. The third-order valence-electron chi connectivity index (χ3n) is 5.82. The summed E-state index contributed by atoms with van der Waals surface area (Å²) in [5.74, 6) is 0.920. The van der Waals surface area contributed by atoms with E-state index in [0.717, 1.165) is 45.8 Å². The van der Waals surface area contributed by atoms with Crippen molar-refractivity contribution in [2.24, 2.45) is 0 Å². The number of hydrogen-bond acceptors (Lipinski definition) is 7. The van der Waals surface area contributed by atoms with Gasteiger partial charge in [0.1, 0.15) is 5.82 Å². The number of carbonyl (C=O) groups is 1. The van der Waals surface area contributed by atoms with Gasteiger partial charge in [-0.3, -0.25) is 14.8 Å². The number of likely N-dealkylation sites (N-methyl/N-ethyl adjacent to an activating group) is 1. The Hall–Kier alpha value is -3.16. The van der Waals surface area contributed by atoms with Gasteiger partial charge < -0.3 is 9.80 Å². The quantitative estimate of drug-likeness (QED) is 0.433. The normalized spacial score (nSPS) is 14.2. The van der Waals surface area contributed by atoms with Gasteiger partial charge in [0.2, 0.25) is 0 Å². The third kappa shape index (κ3) is 4.06. The summed E-state index contributed by atoms with van der Waals surface area (Å²) in [7, 11) is 4.18. The molecule has 4 aromatic rings. The van der Waals surface area contributed by atoms with E-state index in [1.807, 2.05) is 30.0 Å². The van der Waals surface area contributed by atoms with Crippen molar-refractivity contribution in [1.82, 2.24) is 19.9 Å². The number of Topliss-reactive ketones (excluding diaryl/α,β-unsaturated/α-hetero) is 1. The summed E-state index contributed by atoms with van der Waals surface area (Å²) >= 11 is 1.62. The Bertz CT molecular complexity index is 1230. The molecular formula is C24H23N5OS. The van der Waals surface area contributed by atoms with E-state index in [4.69, 9.17) is 0 Å². The largest absolute Gasteiger partial charge is 0.353 e. The van der Waals surface area contributed by atoms with Crippen LogP contribution in [0.2, 0.25) is 0 Å². The summed E-state index contributed by atoms with van der Waals surface area (Å²) in [5, 5.41) is 2.14. The maximum atomic E-state index is 13.0. The SMILES string of the molecule is CN(C)C1CN(c2cc(C(=O)Cc3cc4cc(-c5cncs5)ccc4cn3)ccn2)C1. The van der Waals surface area contributed by atoms with E-state index in [-0.39, 0.29) is 12.2 Å². The Labute approximate surface area is 185 Å². The van der Waals surface area contributed by atoms with Gasteiger partial charge >= 0.3 is 0 Å². The van der Waals surface area contributed by atoms with Gasteiger partial charge in [0.05, 0.1) is 16.8 Å². The maximum Gasteiger partial charge on any atom is 0.169 e. The lowest BCUT2D eigenvalue weighted by molar-refractivity contribution is 0.0992. The van der Waals surface area contributed by atoms with E-state index in [9.17, 15) is 4.79 Å². The average Bonchev–Trinajstić information content (AvgIpc) is 3.27. The summed E-state index contributed by atoms with van der Waals surface area (Å²) < 4.78 is 0. The van der Waals surface area contributed by atoms with Gasteiger partial charge in [0.25, 0.3) is 0 Å². The number of carbonyl (C=O) groups excluding carboxylic acids is 1. The van der Waals surface area contributed by atoms with E-state index in [0.29, 0.717) is 11.6 Å². The van der Waals surface area contributed by atoms with Gasteiger partial charge in [-0.2, -0.15) is 0 Å². The van der Waals surface area contributed by atoms with Gasteiger partial charge in [0.15, 0.2) is 5.78 Å². The fourth-order valence-corrected chi connectivity index (χ4v) is 4.42. The first-order chi connectivity index (χ1) is 15.1. The molecule has 31 heavy (non-hydrogen) atoms. The van der Waals surface area contributed by atoms with E-state index in [1.54, 1.807) is 23.6 Å². The second kappa shape index (κ2) is 8.17. The molecule has 5 rings (SSSR count). The topological polar surface area (TPSA) is 62.2 Å². The molecule has 0 N–H and O–H groups in total. The zero-order chi connectivity index (χ0) is 21.4. The lowest BCUT2D eigenvalue weighted by atomic mass is 10.0. The first kappa shape index (κ1) is 19.8. The predicted molar refractivity (Wildman–Crippen MR) is 125 cm³/mol. The predicted octanol–water partition coefficient (Wildman–Crippen LogP) is 3.93. The molecule has 0 bridgehead atoms. The highest BCUT2D eigenvalue weighted by Crippen LogP contribution is 2.27. The number of benzene rings is 1. The molecule has 0 spiro atoms. The second-order valence-electron chi connectivity index (χ2n) is 8.13. The van der Waals surface area contributed by atoms with E-state index in [1.165, 1.54) is 0 Å². The number of fused-ring (bicyclic) bond motifs is 1. The highest BCUT2D eigenvalue weighted by molar-refractivity contribution is 7.13. The molecule has 156 valence electrons. The minimum atomic E-state index is 0.0544. The van der Waals surface area contributed by atoms with Crippen LogP contribution in [0.4, 0.5) is 5.82 Å². The second-order valence-corrected chi connectivity index (χ2v) is 9.01. The summed E-state index contributed by atoms with van der Waals surface area (Å²) in [6, 6.07) is 12.5. The van der Waals surface area contributed by atoms with Crippen LogP contribution in [0, 0.1) is 0 Å². The molecule has 1 saturated heterocycles. The first-order valence-corrected chi connectivity index (χ1v) is 11.1. The zero-order valence-electron chi connectivity index (χ0n) is 17.5. The van der Waals surface area contributed by atoms with Crippen LogP contribution in [0.1, 0.15) is 16.1 Å². The highest BCUT2D eigenvalue weighted by atomic mass is 32.1. The Kier molecular flexibility index (Phi) is 5.21. The average molecular weight is 430 g/mol. The number of anilines is 1. The zero-order valence-corrected chi connectivity index (χ0v) is 18.3. The Morgan fingerprint density at radius 1 is 1.10 bits per heavy atom. The Morgan fingerprint density at radius 3 is 2.74 bits per heavy atom. The molecule has 3 aromatic heterocycles. The molecule has 1 fully saturated rings. The lowest BCUT2D eigenvalue weighted by Gasteiger charge is -2.43. The number of ketones is 1. The fourth-order valence-electron chi connectivity index (χ4n) is 3.80. The molecule has 4 heterocycles. The fraction of sp³-hybridized carbons (Fsp3) is 0.250. The Morgan fingerprint density at radius 2 is 1.97 bits per heavy atom. The molecule has 0 amide bonds. The summed E-state index contributed by atoms with van der Waals surface area (Å²) in [6.07, 6.45) is 5.70. The molecule has 0 atom stereocenters. The molecule has 0 saturated carbocycles. The van der Waals surface area contributed by atoms with Gasteiger partial charge in [0, 0.05) is 54.4 Å². The van der Waals surface area contributed by atoms with Crippen molar-refractivity contribution in [1.29, 1.82) is 0 Å². The van der Waals surface area contributed by atoms with E-state index >= 15 is 0 Å². The van der Waals surface area contributed by atoms with Gasteiger partial charge in [-0.25, -0.2) is 4.98 Å². The highest BCUT2D eigenvalue weighted by Gasteiger charge is 2.29. The number of rotatable bonds is 6. The van der Waals surface area contributed by atoms with Crippen molar-refractivity contribution in [2.45, 2.75) is 12.5 Å². The number of hydrogen-bond donors (Lipinski definition) is 0. The first-order valence-electron chi connectivity index (χ1n) is 10.2. The minimum Gasteiger partial charge on any atom is -0.353 e. The minimum absolute atomic E-state index is 0.0544. The van der Waals surface area contributed by atoms with Crippen molar-refractivity contribution >= 4 is 33.7 Å². The van der Waals surface area contributed by atoms with Crippen molar-refractivity contribution in [3.05, 3.63) is 71.8 Å². The smallest absolute Gasteiger partial charge is 0.169 e. The number of aromatic nitrogens is 3. The third-order valence-corrected chi connectivity index (χ3v) is 6.64. The molecule has 1 aliphatic rings. The number of pyridine rings is 2. The summed E-state index contributed by atoms with van der Waals surface area (Å²) in [6.45, 7) is 1.87. The van der Waals surface area contributed by atoms with Crippen molar-refractivity contribution in [3.8, 4) is 10.4 Å². The Balaban J connectivity index is 1.34. The number of nitrogens with zero attached hydrogens (tertiary/aromatic N) is 5. The molecule has 1 aromatic carbocycles. The van der Waals surface area contributed by atoms with Crippen LogP contribution in [0.15, 0.2) is 60.5 Å². The van der Waals surface area contributed by atoms with Crippen LogP contribution in [0.5, 0.6) is 0 Å². The molecule has 0 radical (unpaired) electrons. The van der Waals surface area contributed by atoms with Crippen LogP contribution in [0.3, 0.4) is 0 Å². The van der Waals surface area contributed by atoms with Crippen LogP contribution in [0.25, 0.3) is 21.2 Å². The summed E-state index contributed by atoms with van der Waals surface area (Å²) in [5.41, 5.74) is 4.41.